The van der Waals surface area contributed by atoms with Gasteiger partial charge >= 0.3 is 5.97 Å². The molecule has 0 spiro atoms. The summed E-state index contributed by atoms with van der Waals surface area (Å²) in [5, 5.41) is 18.0. The van der Waals surface area contributed by atoms with E-state index in [1.807, 2.05) is 6.07 Å². The molecule has 1 aromatic rings. The van der Waals surface area contributed by atoms with Crippen molar-refractivity contribution in [2.24, 2.45) is 0 Å². The first-order valence-corrected chi connectivity index (χ1v) is 4.37. The van der Waals surface area contributed by atoms with Gasteiger partial charge < -0.3 is 11.3 Å². The summed E-state index contributed by atoms with van der Waals surface area (Å²) in [7, 11) is 0. The smallest absolute Gasteiger partial charge is 0.328 e. The van der Waals surface area contributed by atoms with E-state index in [9.17, 15) is 4.79 Å². The molecule has 0 fully saturated rings. The van der Waals surface area contributed by atoms with Crippen LogP contribution in [0.4, 0.5) is 0 Å². The molecule has 15 heavy (non-hydrogen) atoms. The molecule has 0 bridgehead atoms. The summed E-state index contributed by atoms with van der Waals surface area (Å²) in [6.45, 7) is 1.70. The molecule has 0 aliphatic rings. The number of carbonyl (C=O) groups is 1. The normalized spacial score (nSPS) is 13.1. The molecule has 0 radical (unpaired) electrons. The Hall–Kier alpha value is -1.86. The van der Waals surface area contributed by atoms with Gasteiger partial charge in [-0.25, -0.2) is 0 Å². The molecular formula is C11H15N2O2+. The fourth-order valence-electron chi connectivity index (χ4n) is 1.39. The predicted octanol–water partition coefficient (Wildman–Crippen LogP) is 2.32. The van der Waals surface area contributed by atoms with Crippen LogP contribution in [-0.2, 0) is 10.2 Å². The number of hydrogen-bond acceptors (Lipinski definition) is 2. The Balaban J connectivity index is 0.00000196. The van der Waals surface area contributed by atoms with Gasteiger partial charge in [0.2, 0.25) is 0 Å². The summed E-state index contributed by atoms with van der Waals surface area (Å²) in [4.78, 5) is 11.1. The first-order chi connectivity index (χ1) is 6.67. The zero-order valence-corrected chi connectivity index (χ0v) is 8.90. The van der Waals surface area contributed by atoms with Crippen molar-refractivity contribution in [3.05, 3.63) is 35.9 Å². The SMILES string of the molecule is CC[C@@](C#N)(C(=O)O)c1ccccc1.[NH4+]. The molecule has 0 heterocycles. The van der Waals surface area contributed by atoms with E-state index in [2.05, 4.69) is 0 Å². The highest BCUT2D eigenvalue weighted by Gasteiger charge is 2.38. The Labute approximate surface area is 88.7 Å². The maximum Gasteiger partial charge on any atom is 0.328 e. The second kappa shape index (κ2) is 5.13. The molecule has 4 heteroatoms. The Morgan fingerprint density at radius 2 is 2.00 bits per heavy atom. The molecular weight excluding hydrogens is 192 g/mol. The maximum absolute atomic E-state index is 11.1. The molecule has 0 saturated carbocycles. The molecule has 1 aromatic carbocycles. The summed E-state index contributed by atoms with van der Waals surface area (Å²) < 4.78 is 0. The highest BCUT2D eigenvalue weighted by Crippen LogP contribution is 2.27. The third kappa shape index (κ3) is 2.14. The van der Waals surface area contributed by atoms with Crippen LogP contribution in [0.25, 0.3) is 0 Å². The quantitative estimate of drug-likeness (QED) is 0.795. The van der Waals surface area contributed by atoms with Crippen molar-refractivity contribution in [2.75, 3.05) is 0 Å². The predicted molar refractivity (Wildman–Crippen MR) is 57.6 cm³/mol. The van der Waals surface area contributed by atoms with Gasteiger partial charge in [-0.05, 0) is 12.0 Å². The minimum Gasteiger partial charge on any atom is -0.480 e. The van der Waals surface area contributed by atoms with E-state index in [0.717, 1.165) is 0 Å². The third-order valence-electron chi connectivity index (χ3n) is 2.35. The van der Waals surface area contributed by atoms with Gasteiger partial charge in [0.05, 0.1) is 6.07 Å². The van der Waals surface area contributed by atoms with Crippen LogP contribution in [0.5, 0.6) is 0 Å². The van der Waals surface area contributed by atoms with E-state index in [1.54, 1.807) is 37.3 Å². The van der Waals surface area contributed by atoms with Crippen LogP contribution < -0.4 is 6.15 Å². The molecule has 4 nitrogen and oxygen atoms in total. The number of hydrogen-bond donors (Lipinski definition) is 2. The fourth-order valence-corrected chi connectivity index (χ4v) is 1.39. The van der Waals surface area contributed by atoms with Crippen molar-refractivity contribution >= 4 is 5.97 Å². The van der Waals surface area contributed by atoms with Crippen molar-refractivity contribution in [1.29, 1.82) is 5.26 Å². The number of aliphatic carboxylic acids is 1. The van der Waals surface area contributed by atoms with Gasteiger partial charge in [0, 0.05) is 0 Å². The molecule has 0 amide bonds. The Morgan fingerprint density at radius 1 is 1.47 bits per heavy atom. The molecule has 0 aliphatic carbocycles. The van der Waals surface area contributed by atoms with E-state index in [0.29, 0.717) is 5.56 Å². The standard InChI is InChI=1S/C11H11NO2.H3N/c1-2-11(8-12,10(13)14)9-6-4-3-5-7-9;/h3-7H,2H2,1H3,(H,13,14);1H3/p+1/t11-;/m0./s1. The average molecular weight is 207 g/mol. The molecule has 80 valence electrons. The van der Waals surface area contributed by atoms with E-state index >= 15 is 0 Å². The van der Waals surface area contributed by atoms with Gasteiger partial charge in [-0.2, -0.15) is 5.26 Å². The van der Waals surface area contributed by atoms with Crippen LogP contribution in [0.2, 0.25) is 0 Å². The minimum atomic E-state index is -1.40. The number of nitrogens with zero attached hydrogens (tertiary/aromatic N) is 1. The Bertz CT molecular complexity index is 370. The molecule has 0 unspecified atom stereocenters. The van der Waals surface area contributed by atoms with E-state index in [4.69, 9.17) is 10.4 Å². The minimum absolute atomic E-state index is 0. The van der Waals surface area contributed by atoms with E-state index in [1.165, 1.54) is 0 Å². The Morgan fingerprint density at radius 3 is 2.33 bits per heavy atom. The molecule has 0 saturated heterocycles. The summed E-state index contributed by atoms with van der Waals surface area (Å²) >= 11 is 0. The topological polar surface area (TPSA) is 97.6 Å². The first kappa shape index (κ1) is 13.1. The summed E-state index contributed by atoms with van der Waals surface area (Å²) in [5.41, 5.74) is -0.862. The zero-order chi connectivity index (χ0) is 10.6. The number of quaternary nitrogens is 1. The van der Waals surface area contributed by atoms with Gasteiger partial charge in [0.25, 0.3) is 0 Å². The van der Waals surface area contributed by atoms with Crippen molar-refractivity contribution in [2.45, 2.75) is 18.8 Å². The van der Waals surface area contributed by atoms with Gasteiger partial charge in [0.1, 0.15) is 0 Å². The average Bonchev–Trinajstić information content (AvgIpc) is 2.22. The maximum atomic E-state index is 11.1. The second-order valence-electron chi connectivity index (χ2n) is 3.04. The van der Waals surface area contributed by atoms with Gasteiger partial charge in [0.15, 0.2) is 5.41 Å². The summed E-state index contributed by atoms with van der Waals surface area (Å²) in [5.74, 6) is -1.09. The first-order valence-electron chi connectivity index (χ1n) is 4.37. The number of carboxylic acids is 1. The van der Waals surface area contributed by atoms with Crippen molar-refractivity contribution < 1.29 is 9.90 Å². The van der Waals surface area contributed by atoms with Crippen LogP contribution in [-0.4, -0.2) is 11.1 Å². The van der Waals surface area contributed by atoms with Gasteiger partial charge in [-0.15, -0.1) is 0 Å². The summed E-state index contributed by atoms with van der Waals surface area (Å²) in [6.07, 6.45) is 0.267. The van der Waals surface area contributed by atoms with Crippen LogP contribution in [0, 0.1) is 11.3 Å². The molecule has 5 N–H and O–H groups in total. The van der Waals surface area contributed by atoms with Crippen LogP contribution >= 0.6 is 0 Å². The fraction of sp³-hybridized carbons (Fsp3) is 0.273. The monoisotopic (exact) mass is 207 g/mol. The number of rotatable bonds is 3. The van der Waals surface area contributed by atoms with Crippen molar-refractivity contribution in [3.8, 4) is 6.07 Å². The number of benzene rings is 1. The van der Waals surface area contributed by atoms with Crippen molar-refractivity contribution in [1.82, 2.24) is 6.15 Å². The molecule has 1 rings (SSSR count). The lowest BCUT2D eigenvalue weighted by Crippen LogP contribution is -2.33. The summed E-state index contributed by atoms with van der Waals surface area (Å²) in [6, 6.07) is 10.5. The van der Waals surface area contributed by atoms with Crippen molar-refractivity contribution in [3.63, 3.8) is 0 Å². The van der Waals surface area contributed by atoms with Crippen LogP contribution in [0.1, 0.15) is 18.9 Å². The van der Waals surface area contributed by atoms with Crippen LogP contribution in [0.3, 0.4) is 0 Å². The highest BCUT2D eigenvalue weighted by molar-refractivity contribution is 5.85. The number of nitriles is 1. The van der Waals surface area contributed by atoms with Crippen LogP contribution in [0.15, 0.2) is 30.3 Å². The highest BCUT2D eigenvalue weighted by atomic mass is 16.4. The lowest BCUT2D eigenvalue weighted by atomic mass is 9.80. The molecule has 1 atom stereocenters. The largest absolute Gasteiger partial charge is 0.480 e. The molecule has 0 aromatic heterocycles. The van der Waals surface area contributed by atoms with E-state index in [-0.39, 0.29) is 12.6 Å². The lowest BCUT2D eigenvalue weighted by Gasteiger charge is -2.19. The lowest BCUT2D eigenvalue weighted by molar-refractivity contribution is -0.141. The van der Waals surface area contributed by atoms with Gasteiger partial charge in [-0.1, -0.05) is 37.3 Å². The molecule has 0 aliphatic heterocycles. The van der Waals surface area contributed by atoms with Gasteiger partial charge in [-0.3, -0.25) is 4.79 Å². The zero-order valence-electron chi connectivity index (χ0n) is 8.90. The number of carboxylic acid groups (broad SMARTS) is 1. The van der Waals surface area contributed by atoms with E-state index < -0.39 is 11.4 Å². The second-order valence-corrected chi connectivity index (χ2v) is 3.04. The Kier molecular flexibility index (Phi) is 4.49. The third-order valence-corrected chi connectivity index (χ3v) is 2.35.